The van der Waals surface area contributed by atoms with Gasteiger partial charge in [0.1, 0.15) is 11.4 Å². The van der Waals surface area contributed by atoms with Crippen LogP contribution in [0, 0.1) is 0 Å². The third-order valence-electron chi connectivity index (χ3n) is 2.25. The first-order valence-electron chi connectivity index (χ1n) is 5.18. The Hall–Kier alpha value is -1.80. The normalized spacial score (nSPS) is 16.5. The molecule has 0 unspecified atom stereocenters. The summed E-state index contributed by atoms with van der Waals surface area (Å²) in [4.78, 5) is 11.3. The van der Waals surface area contributed by atoms with E-state index in [1.807, 2.05) is 5.43 Å². The number of rotatable bonds is 3. The molecule has 1 rings (SSSR count). The molecule has 108 valence electrons. The quantitative estimate of drug-likeness (QED) is 0.615. The van der Waals surface area contributed by atoms with Crippen LogP contribution in [0.15, 0.2) is 23.0 Å². The van der Waals surface area contributed by atoms with Crippen LogP contribution in [0.3, 0.4) is 0 Å². The predicted octanol–water partition coefficient (Wildman–Crippen LogP) is 2.01. The second-order valence-electron chi connectivity index (χ2n) is 3.66. The van der Waals surface area contributed by atoms with Crippen LogP contribution in [-0.4, -0.2) is 24.7 Å². The molecule has 0 saturated heterocycles. The van der Waals surface area contributed by atoms with Crippen molar-refractivity contribution in [1.82, 2.24) is 10.9 Å². The zero-order valence-corrected chi connectivity index (χ0v) is 9.99. The first-order valence-corrected chi connectivity index (χ1v) is 5.18. The summed E-state index contributed by atoms with van der Waals surface area (Å²) in [7, 11) is 0. The zero-order chi connectivity index (χ0) is 14.8. The molecule has 0 spiro atoms. The molecule has 0 aromatic rings. The number of allylic oxidation sites excluding steroid dienone is 3. The highest BCUT2D eigenvalue weighted by molar-refractivity contribution is 5.89. The maximum atomic E-state index is 13.0. The number of nitrogens with one attached hydrogen (secondary N) is 2. The minimum absolute atomic E-state index is 0.0482. The van der Waals surface area contributed by atoms with Crippen molar-refractivity contribution in [3.05, 3.63) is 23.0 Å². The standard InChI is InChI=1S/C10H11F5N2O2/c1-3-19-8(18)7-5(2)4-6(16-17-7)9(11,12)10(13,14)15/h4,16-17H,3H2,1-2H3. The molecule has 1 aliphatic heterocycles. The average molecular weight is 286 g/mol. The summed E-state index contributed by atoms with van der Waals surface area (Å²) in [5, 5.41) is 0. The van der Waals surface area contributed by atoms with Gasteiger partial charge in [-0.05, 0) is 25.5 Å². The van der Waals surface area contributed by atoms with E-state index in [1.54, 1.807) is 5.43 Å². The summed E-state index contributed by atoms with van der Waals surface area (Å²) < 4.78 is 67.1. The molecule has 0 fully saturated rings. The predicted molar refractivity (Wildman–Crippen MR) is 54.7 cm³/mol. The first-order chi connectivity index (χ1) is 8.61. The van der Waals surface area contributed by atoms with Gasteiger partial charge < -0.3 is 4.74 Å². The first kappa shape index (κ1) is 15.3. The monoisotopic (exact) mass is 286 g/mol. The molecule has 0 saturated carbocycles. The lowest BCUT2D eigenvalue weighted by molar-refractivity contribution is -0.266. The van der Waals surface area contributed by atoms with E-state index in [0.29, 0.717) is 6.08 Å². The van der Waals surface area contributed by atoms with E-state index in [0.717, 1.165) is 0 Å². The average Bonchev–Trinajstić information content (AvgIpc) is 2.27. The third kappa shape index (κ3) is 2.96. The van der Waals surface area contributed by atoms with Crippen LogP contribution >= 0.6 is 0 Å². The van der Waals surface area contributed by atoms with E-state index < -0.39 is 23.8 Å². The van der Waals surface area contributed by atoms with Gasteiger partial charge in [0, 0.05) is 0 Å². The van der Waals surface area contributed by atoms with Crippen molar-refractivity contribution in [2.45, 2.75) is 25.9 Å². The number of alkyl halides is 5. The largest absolute Gasteiger partial charge is 0.461 e. The highest BCUT2D eigenvalue weighted by Crippen LogP contribution is 2.40. The van der Waals surface area contributed by atoms with Crippen LogP contribution in [0.2, 0.25) is 0 Å². The Morgan fingerprint density at radius 3 is 2.26 bits per heavy atom. The van der Waals surface area contributed by atoms with Crippen LogP contribution in [0.4, 0.5) is 22.0 Å². The molecule has 0 radical (unpaired) electrons. The summed E-state index contributed by atoms with van der Waals surface area (Å²) >= 11 is 0. The third-order valence-corrected chi connectivity index (χ3v) is 2.25. The minimum atomic E-state index is -5.73. The van der Waals surface area contributed by atoms with Crippen molar-refractivity contribution in [2.75, 3.05) is 6.61 Å². The van der Waals surface area contributed by atoms with Crippen molar-refractivity contribution in [3.63, 3.8) is 0 Å². The van der Waals surface area contributed by atoms with Crippen LogP contribution in [0.1, 0.15) is 13.8 Å². The number of hydrogen-bond acceptors (Lipinski definition) is 4. The number of ether oxygens (including phenoxy) is 1. The second-order valence-corrected chi connectivity index (χ2v) is 3.66. The maximum Gasteiger partial charge on any atom is 0.459 e. The summed E-state index contributed by atoms with van der Waals surface area (Å²) in [6.45, 7) is 2.79. The number of carbonyl (C=O) groups excluding carboxylic acids is 1. The number of hydrazine groups is 1. The SMILES string of the molecule is CCOC(=O)C1=C(C)C=C(C(F)(F)C(F)(F)F)NN1. The van der Waals surface area contributed by atoms with Gasteiger partial charge in [-0.15, -0.1) is 0 Å². The zero-order valence-electron chi connectivity index (χ0n) is 9.99. The molecule has 0 aromatic heterocycles. The molecule has 0 aliphatic carbocycles. The van der Waals surface area contributed by atoms with Gasteiger partial charge in [0.05, 0.1) is 6.61 Å². The molecule has 2 N–H and O–H groups in total. The Bertz CT molecular complexity index is 440. The topological polar surface area (TPSA) is 50.4 Å². The molecule has 0 amide bonds. The summed E-state index contributed by atoms with van der Waals surface area (Å²) in [6.07, 6.45) is -5.18. The van der Waals surface area contributed by atoms with E-state index in [1.165, 1.54) is 13.8 Å². The minimum Gasteiger partial charge on any atom is -0.461 e. The van der Waals surface area contributed by atoms with Gasteiger partial charge in [-0.1, -0.05) is 0 Å². The van der Waals surface area contributed by atoms with E-state index in [-0.39, 0.29) is 17.9 Å². The molecule has 0 bridgehead atoms. The number of hydrogen-bond donors (Lipinski definition) is 2. The molecule has 9 heteroatoms. The molecule has 0 aromatic carbocycles. The summed E-state index contributed by atoms with van der Waals surface area (Å²) in [5.41, 5.74) is 1.97. The van der Waals surface area contributed by atoms with Crippen molar-refractivity contribution < 1.29 is 31.5 Å². The van der Waals surface area contributed by atoms with Gasteiger partial charge in [0.15, 0.2) is 0 Å². The number of esters is 1. The highest BCUT2D eigenvalue weighted by atomic mass is 19.4. The van der Waals surface area contributed by atoms with Crippen LogP contribution in [0.25, 0.3) is 0 Å². The molecular formula is C10H11F5N2O2. The van der Waals surface area contributed by atoms with Crippen molar-refractivity contribution in [2.24, 2.45) is 0 Å². The lowest BCUT2D eigenvalue weighted by atomic mass is 10.1. The Labute approximate surface area is 105 Å². The van der Waals surface area contributed by atoms with Crippen molar-refractivity contribution in [1.29, 1.82) is 0 Å². The lowest BCUT2D eigenvalue weighted by Gasteiger charge is -2.27. The van der Waals surface area contributed by atoms with Crippen LogP contribution in [0.5, 0.6) is 0 Å². The van der Waals surface area contributed by atoms with E-state index >= 15 is 0 Å². The molecular weight excluding hydrogens is 275 g/mol. The Kier molecular flexibility index (Phi) is 4.06. The van der Waals surface area contributed by atoms with E-state index in [2.05, 4.69) is 4.74 Å². The van der Waals surface area contributed by atoms with Crippen molar-refractivity contribution in [3.8, 4) is 0 Å². The van der Waals surface area contributed by atoms with Gasteiger partial charge in [-0.25, -0.2) is 4.79 Å². The molecule has 0 atom stereocenters. The molecule has 4 nitrogen and oxygen atoms in total. The number of carbonyl (C=O) groups is 1. The Balaban J connectivity index is 3.06. The van der Waals surface area contributed by atoms with E-state index in [4.69, 9.17) is 0 Å². The molecule has 19 heavy (non-hydrogen) atoms. The fraction of sp³-hybridized carbons (Fsp3) is 0.500. The van der Waals surface area contributed by atoms with Gasteiger partial charge >= 0.3 is 18.1 Å². The van der Waals surface area contributed by atoms with Crippen LogP contribution in [-0.2, 0) is 9.53 Å². The smallest absolute Gasteiger partial charge is 0.459 e. The fourth-order valence-electron chi connectivity index (χ4n) is 1.29. The lowest BCUT2D eigenvalue weighted by Crippen LogP contribution is -2.49. The highest BCUT2D eigenvalue weighted by Gasteiger charge is 2.60. The van der Waals surface area contributed by atoms with Gasteiger partial charge in [0.25, 0.3) is 0 Å². The summed E-state index contributed by atoms with van der Waals surface area (Å²) in [6, 6.07) is 0. The van der Waals surface area contributed by atoms with Gasteiger partial charge in [-0.2, -0.15) is 22.0 Å². The fourth-order valence-corrected chi connectivity index (χ4v) is 1.29. The summed E-state index contributed by atoms with van der Waals surface area (Å²) in [5.74, 6) is -5.89. The molecule has 1 heterocycles. The molecule has 1 aliphatic rings. The Morgan fingerprint density at radius 1 is 1.26 bits per heavy atom. The second kappa shape index (κ2) is 5.06. The maximum absolute atomic E-state index is 13.0. The van der Waals surface area contributed by atoms with E-state index in [9.17, 15) is 26.7 Å². The van der Waals surface area contributed by atoms with Gasteiger partial charge in [-0.3, -0.25) is 10.9 Å². The Morgan fingerprint density at radius 2 is 1.84 bits per heavy atom. The van der Waals surface area contributed by atoms with Crippen LogP contribution < -0.4 is 10.9 Å². The number of halogens is 5. The van der Waals surface area contributed by atoms with Crippen molar-refractivity contribution >= 4 is 5.97 Å². The van der Waals surface area contributed by atoms with Gasteiger partial charge in [0.2, 0.25) is 0 Å².